The summed E-state index contributed by atoms with van der Waals surface area (Å²) in [5.74, 6) is 0.000561. The summed E-state index contributed by atoms with van der Waals surface area (Å²) in [7, 11) is 0. The zero-order valence-electron chi connectivity index (χ0n) is 14.3. The molecule has 0 bridgehead atoms. The standard InChI is InChI=1S/C18H19N5OS.ClH/c1-12-10-23(8-7-19-12)18(24)15-11-25-17(21-15)14-9-20-22-16(14)13-5-3-2-4-6-13;/h2-6,9,11-12,19H,7-8,10H2,1H3,(H,20,22);1H/t12-;/m0./s1. The van der Waals surface area contributed by atoms with Gasteiger partial charge in [-0.3, -0.25) is 9.89 Å². The van der Waals surface area contributed by atoms with E-state index in [0.29, 0.717) is 18.3 Å². The van der Waals surface area contributed by atoms with E-state index in [1.807, 2.05) is 40.6 Å². The number of rotatable bonds is 3. The lowest BCUT2D eigenvalue weighted by Crippen LogP contribution is -2.51. The molecule has 0 saturated carbocycles. The Morgan fingerprint density at radius 2 is 2.12 bits per heavy atom. The van der Waals surface area contributed by atoms with E-state index in [-0.39, 0.29) is 18.3 Å². The van der Waals surface area contributed by atoms with Crippen molar-refractivity contribution < 1.29 is 4.79 Å². The molecule has 3 heterocycles. The van der Waals surface area contributed by atoms with E-state index in [1.54, 1.807) is 6.20 Å². The van der Waals surface area contributed by atoms with Crippen LogP contribution in [0.4, 0.5) is 0 Å². The van der Waals surface area contributed by atoms with Gasteiger partial charge in [0.15, 0.2) is 0 Å². The Bertz CT molecular complexity index is 879. The molecule has 3 aromatic rings. The maximum absolute atomic E-state index is 12.7. The van der Waals surface area contributed by atoms with E-state index >= 15 is 0 Å². The van der Waals surface area contributed by atoms with Gasteiger partial charge in [0.1, 0.15) is 10.7 Å². The van der Waals surface area contributed by atoms with Gasteiger partial charge in [-0.2, -0.15) is 5.10 Å². The van der Waals surface area contributed by atoms with Crippen molar-refractivity contribution in [2.24, 2.45) is 0 Å². The van der Waals surface area contributed by atoms with Crippen LogP contribution in [-0.2, 0) is 0 Å². The van der Waals surface area contributed by atoms with Crippen LogP contribution < -0.4 is 5.32 Å². The van der Waals surface area contributed by atoms with Crippen molar-refractivity contribution in [3.8, 4) is 21.8 Å². The summed E-state index contributed by atoms with van der Waals surface area (Å²) in [4.78, 5) is 19.2. The molecule has 1 saturated heterocycles. The molecule has 1 aliphatic heterocycles. The van der Waals surface area contributed by atoms with Crippen LogP contribution in [0.3, 0.4) is 0 Å². The van der Waals surface area contributed by atoms with Crippen LogP contribution in [0.15, 0.2) is 41.9 Å². The highest BCUT2D eigenvalue weighted by Crippen LogP contribution is 2.32. The summed E-state index contributed by atoms with van der Waals surface area (Å²) in [6, 6.07) is 10.3. The minimum absolute atomic E-state index is 0. The molecule has 2 N–H and O–H groups in total. The SMILES string of the molecule is C[C@H]1CN(C(=O)c2csc(-c3cn[nH]c3-c3ccccc3)n2)CCN1.Cl. The van der Waals surface area contributed by atoms with Crippen LogP contribution in [0, 0.1) is 0 Å². The number of hydrogen-bond acceptors (Lipinski definition) is 5. The highest BCUT2D eigenvalue weighted by atomic mass is 35.5. The summed E-state index contributed by atoms with van der Waals surface area (Å²) in [6.07, 6.45) is 1.77. The van der Waals surface area contributed by atoms with E-state index in [0.717, 1.165) is 34.9 Å². The largest absolute Gasteiger partial charge is 0.334 e. The average molecular weight is 390 g/mol. The predicted molar refractivity (Wildman–Crippen MR) is 106 cm³/mol. The lowest BCUT2D eigenvalue weighted by atomic mass is 10.1. The van der Waals surface area contributed by atoms with Gasteiger partial charge in [0.05, 0.1) is 17.5 Å². The fourth-order valence-corrected chi connectivity index (χ4v) is 3.86. The fraction of sp³-hybridized carbons (Fsp3) is 0.278. The maximum atomic E-state index is 12.7. The predicted octanol–water partition coefficient (Wildman–Crippen LogP) is 3.06. The molecule has 136 valence electrons. The lowest BCUT2D eigenvalue weighted by molar-refractivity contribution is 0.0704. The number of halogens is 1. The van der Waals surface area contributed by atoms with Crippen molar-refractivity contribution in [1.82, 2.24) is 25.4 Å². The smallest absolute Gasteiger partial charge is 0.273 e. The molecule has 6 nitrogen and oxygen atoms in total. The van der Waals surface area contributed by atoms with Gasteiger partial charge in [0.25, 0.3) is 5.91 Å². The molecule has 26 heavy (non-hydrogen) atoms. The summed E-state index contributed by atoms with van der Waals surface area (Å²) >= 11 is 1.47. The number of carbonyl (C=O) groups is 1. The quantitative estimate of drug-likeness (QED) is 0.722. The number of amides is 1. The summed E-state index contributed by atoms with van der Waals surface area (Å²) in [5, 5.41) is 13.2. The van der Waals surface area contributed by atoms with Crippen molar-refractivity contribution in [1.29, 1.82) is 0 Å². The van der Waals surface area contributed by atoms with Gasteiger partial charge in [-0.25, -0.2) is 4.98 Å². The molecule has 4 rings (SSSR count). The molecule has 0 radical (unpaired) electrons. The topological polar surface area (TPSA) is 73.9 Å². The fourth-order valence-electron chi connectivity index (χ4n) is 3.05. The third-order valence-electron chi connectivity index (χ3n) is 4.31. The van der Waals surface area contributed by atoms with Gasteiger partial charge in [-0.1, -0.05) is 30.3 Å². The lowest BCUT2D eigenvalue weighted by Gasteiger charge is -2.31. The van der Waals surface area contributed by atoms with Crippen LogP contribution in [0.2, 0.25) is 0 Å². The van der Waals surface area contributed by atoms with Crippen LogP contribution in [0.5, 0.6) is 0 Å². The zero-order chi connectivity index (χ0) is 17.2. The third kappa shape index (κ3) is 3.65. The summed E-state index contributed by atoms with van der Waals surface area (Å²) in [6.45, 7) is 4.34. The molecule has 2 aromatic heterocycles. The number of nitrogens with one attached hydrogen (secondary N) is 2. The first-order valence-electron chi connectivity index (χ1n) is 8.29. The Labute approximate surface area is 162 Å². The summed E-state index contributed by atoms with van der Waals surface area (Å²) < 4.78 is 0. The number of aromatic amines is 1. The highest BCUT2D eigenvalue weighted by molar-refractivity contribution is 7.13. The number of piperazine rings is 1. The van der Waals surface area contributed by atoms with Crippen molar-refractivity contribution in [2.45, 2.75) is 13.0 Å². The number of thiazole rings is 1. The first-order valence-corrected chi connectivity index (χ1v) is 9.17. The molecule has 1 fully saturated rings. The number of nitrogens with zero attached hydrogens (tertiary/aromatic N) is 3. The first kappa shape index (κ1) is 18.6. The first-order chi connectivity index (χ1) is 12.2. The van der Waals surface area contributed by atoms with Gasteiger partial charge < -0.3 is 10.2 Å². The van der Waals surface area contributed by atoms with E-state index in [1.165, 1.54) is 11.3 Å². The molecule has 0 aliphatic carbocycles. The van der Waals surface area contributed by atoms with Crippen LogP contribution in [0.25, 0.3) is 21.8 Å². The number of carbonyl (C=O) groups excluding carboxylic acids is 1. The van der Waals surface area contributed by atoms with Crippen molar-refractivity contribution in [2.75, 3.05) is 19.6 Å². The Hall–Kier alpha value is -2.22. The Morgan fingerprint density at radius 1 is 1.31 bits per heavy atom. The number of benzene rings is 1. The van der Waals surface area contributed by atoms with Crippen molar-refractivity contribution in [3.63, 3.8) is 0 Å². The van der Waals surface area contributed by atoms with E-state index in [2.05, 4.69) is 27.4 Å². The van der Waals surface area contributed by atoms with Crippen LogP contribution in [0.1, 0.15) is 17.4 Å². The van der Waals surface area contributed by atoms with E-state index < -0.39 is 0 Å². The zero-order valence-corrected chi connectivity index (χ0v) is 15.9. The molecule has 0 spiro atoms. The van der Waals surface area contributed by atoms with Gasteiger partial charge >= 0.3 is 0 Å². The van der Waals surface area contributed by atoms with Crippen molar-refractivity contribution in [3.05, 3.63) is 47.6 Å². The summed E-state index contributed by atoms with van der Waals surface area (Å²) in [5.41, 5.74) is 3.40. The molecule has 1 aliphatic rings. The molecule has 1 amide bonds. The molecule has 1 atom stereocenters. The Balaban J connectivity index is 0.00000196. The molecule has 8 heteroatoms. The second-order valence-corrected chi connectivity index (χ2v) is 7.03. The van der Waals surface area contributed by atoms with E-state index in [9.17, 15) is 4.79 Å². The molecule has 1 aromatic carbocycles. The van der Waals surface area contributed by atoms with E-state index in [4.69, 9.17) is 0 Å². The van der Waals surface area contributed by atoms with Crippen LogP contribution >= 0.6 is 23.7 Å². The van der Waals surface area contributed by atoms with Gasteiger partial charge in [0.2, 0.25) is 0 Å². The maximum Gasteiger partial charge on any atom is 0.273 e. The molecular formula is C18H20ClN5OS. The third-order valence-corrected chi connectivity index (χ3v) is 5.19. The van der Waals surface area contributed by atoms with Gasteiger partial charge in [0, 0.05) is 36.6 Å². The van der Waals surface area contributed by atoms with Gasteiger partial charge in [-0.05, 0) is 6.92 Å². The normalized spacial score (nSPS) is 17.0. The van der Waals surface area contributed by atoms with Crippen LogP contribution in [-0.4, -0.2) is 51.7 Å². The monoisotopic (exact) mass is 389 g/mol. The highest BCUT2D eigenvalue weighted by Gasteiger charge is 2.24. The average Bonchev–Trinajstić information content (AvgIpc) is 3.31. The molecular weight excluding hydrogens is 370 g/mol. The van der Waals surface area contributed by atoms with Gasteiger partial charge in [-0.15, -0.1) is 23.7 Å². The Kier molecular flexibility index (Phi) is 5.70. The second kappa shape index (κ2) is 7.99. The molecule has 0 unspecified atom stereocenters. The number of aromatic nitrogens is 3. The minimum atomic E-state index is 0. The van der Waals surface area contributed by atoms with Crippen molar-refractivity contribution >= 4 is 29.7 Å². The second-order valence-electron chi connectivity index (χ2n) is 6.17. The minimum Gasteiger partial charge on any atom is -0.334 e. The Morgan fingerprint density at radius 3 is 2.88 bits per heavy atom. The number of hydrogen-bond donors (Lipinski definition) is 2. The number of H-pyrrole nitrogens is 1.